The number of aromatic nitrogens is 2. The summed E-state index contributed by atoms with van der Waals surface area (Å²) in [6.45, 7) is 1.26. The molecule has 0 aliphatic heterocycles. The highest BCUT2D eigenvalue weighted by Crippen LogP contribution is 2.29. The summed E-state index contributed by atoms with van der Waals surface area (Å²) in [5, 5.41) is 0.526. The van der Waals surface area contributed by atoms with Gasteiger partial charge in [-0.15, -0.1) is 0 Å². The predicted octanol–water partition coefficient (Wildman–Crippen LogP) is 2.71. The molecular formula is C9H10Cl2N2O. The summed E-state index contributed by atoms with van der Waals surface area (Å²) in [5.74, 6) is 0.753. The molecule has 0 aromatic carbocycles. The van der Waals surface area contributed by atoms with E-state index in [4.69, 9.17) is 27.9 Å². The molecule has 2 rings (SSSR count). The summed E-state index contributed by atoms with van der Waals surface area (Å²) in [7, 11) is 0. The molecule has 1 aromatic rings. The summed E-state index contributed by atoms with van der Waals surface area (Å²) in [6, 6.07) is 1.67. The second-order valence-corrected chi connectivity index (χ2v) is 4.13. The third kappa shape index (κ3) is 3.08. The van der Waals surface area contributed by atoms with Crippen molar-refractivity contribution in [3.63, 3.8) is 0 Å². The standard InChI is InChI=1S/C9H10Cl2N2O/c10-8-3-7(12-9(11)13-8)5-14-4-6-1-2-6/h3,6H,1-2,4-5H2. The molecule has 1 heterocycles. The highest BCUT2D eigenvalue weighted by molar-refractivity contribution is 6.31. The van der Waals surface area contributed by atoms with Crippen LogP contribution >= 0.6 is 23.2 Å². The Morgan fingerprint density at radius 3 is 2.79 bits per heavy atom. The summed E-state index contributed by atoms with van der Waals surface area (Å²) >= 11 is 11.4. The molecule has 0 N–H and O–H groups in total. The fourth-order valence-electron chi connectivity index (χ4n) is 1.12. The largest absolute Gasteiger partial charge is 0.375 e. The number of rotatable bonds is 4. The Morgan fingerprint density at radius 1 is 1.36 bits per heavy atom. The van der Waals surface area contributed by atoms with Crippen LogP contribution in [0.3, 0.4) is 0 Å². The van der Waals surface area contributed by atoms with E-state index in [1.807, 2.05) is 0 Å². The second-order valence-electron chi connectivity index (χ2n) is 3.41. The first kappa shape index (κ1) is 10.1. The van der Waals surface area contributed by atoms with Crippen LogP contribution in [0.15, 0.2) is 6.07 Å². The zero-order valence-electron chi connectivity index (χ0n) is 7.54. The van der Waals surface area contributed by atoms with E-state index in [1.165, 1.54) is 12.8 Å². The molecule has 0 atom stereocenters. The molecule has 14 heavy (non-hydrogen) atoms. The van der Waals surface area contributed by atoms with Crippen molar-refractivity contribution in [1.29, 1.82) is 0 Å². The summed E-state index contributed by atoms with van der Waals surface area (Å²) in [5.41, 5.74) is 0.732. The topological polar surface area (TPSA) is 35.0 Å². The zero-order chi connectivity index (χ0) is 9.97. The lowest BCUT2D eigenvalue weighted by molar-refractivity contribution is 0.108. The van der Waals surface area contributed by atoms with Crippen LogP contribution in [0.4, 0.5) is 0 Å². The predicted molar refractivity (Wildman–Crippen MR) is 54.4 cm³/mol. The van der Waals surface area contributed by atoms with Crippen molar-refractivity contribution >= 4 is 23.2 Å². The molecule has 1 aliphatic rings. The van der Waals surface area contributed by atoms with E-state index in [1.54, 1.807) is 6.07 Å². The highest BCUT2D eigenvalue weighted by Gasteiger charge is 2.21. The number of ether oxygens (including phenoxy) is 1. The average molecular weight is 233 g/mol. The van der Waals surface area contributed by atoms with E-state index in [0.29, 0.717) is 11.8 Å². The maximum absolute atomic E-state index is 5.71. The minimum atomic E-state index is 0.169. The maximum Gasteiger partial charge on any atom is 0.224 e. The molecule has 0 spiro atoms. The fourth-order valence-corrected chi connectivity index (χ4v) is 1.57. The van der Waals surface area contributed by atoms with Crippen LogP contribution in [0.5, 0.6) is 0 Å². The Hall–Kier alpha value is -0.380. The third-order valence-corrected chi connectivity index (χ3v) is 2.38. The average Bonchev–Trinajstić information content (AvgIpc) is 2.86. The normalized spacial score (nSPS) is 15.9. The Morgan fingerprint density at radius 2 is 2.14 bits per heavy atom. The van der Waals surface area contributed by atoms with Gasteiger partial charge in [-0.1, -0.05) is 11.6 Å². The Kier molecular flexibility index (Phi) is 3.21. The van der Waals surface area contributed by atoms with Gasteiger partial charge in [-0.2, -0.15) is 0 Å². The molecule has 1 aliphatic carbocycles. The fraction of sp³-hybridized carbons (Fsp3) is 0.556. The van der Waals surface area contributed by atoms with Gasteiger partial charge in [0.2, 0.25) is 5.28 Å². The first-order chi connectivity index (χ1) is 6.74. The van der Waals surface area contributed by atoms with Crippen molar-refractivity contribution in [1.82, 2.24) is 9.97 Å². The van der Waals surface area contributed by atoms with Crippen LogP contribution in [0.2, 0.25) is 10.4 Å². The van der Waals surface area contributed by atoms with Gasteiger partial charge in [0.25, 0.3) is 0 Å². The lowest BCUT2D eigenvalue weighted by Crippen LogP contribution is -2.00. The van der Waals surface area contributed by atoms with Crippen molar-refractivity contribution in [3.8, 4) is 0 Å². The van der Waals surface area contributed by atoms with Gasteiger partial charge < -0.3 is 4.74 Å². The third-order valence-electron chi connectivity index (χ3n) is 2.02. The van der Waals surface area contributed by atoms with E-state index in [0.717, 1.165) is 18.2 Å². The summed E-state index contributed by atoms with van der Waals surface area (Å²) in [4.78, 5) is 7.75. The molecule has 0 saturated heterocycles. The van der Waals surface area contributed by atoms with Gasteiger partial charge >= 0.3 is 0 Å². The number of hydrogen-bond acceptors (Lipinski definition) is 3. The minimum absolute atomic E-state index is 0.169. The zero-order valence-corrected chi connectivity index (χ0v) is 9.05. The molecule has 0 unspecified atom stereocenters. The van der Waals surface area contributed by atoms with E-state index < -0.39 is 0 Å². The van der Waals surface area contributed by atoms with Crippen LogP contribution in [0.25, 0.3) is 0 Å². The van der Waals surface area contributed by atoms with Crippen LogP contribution in [0, 0.1) is 5.92 Å². The summed E-state index contributed by atoms with van der Waals surface area (Å²) < 4.78 is 5.45. The van der Waals surface area contributed by atoms with Gasteiger partial charge in [-0.25, -0.2) is 9.97 Å². The molecule has 0 radical (unpaired) electrons. The molecular weight excluding hydrogens is 223 g/mol. The van der Waals surface area contributed by atoms with Gasteiger partial charge in [0, 0.05) is 6.61 Å². The van der Waals surface area contributed by atoms with E-state index >= 15 is 0 Å². The first-order valence-electron chi connectivity index (χ1n) is 4.51. The second kappa shape index (κ2) is 4.43. The summed E-state index contributed by atoms with van der Waals surface area (Å²) in [6.07, 6.45) is 2.57. The Labute approximate surface area is 92.4 Å². The van der Waals surface area contributed by atoms with Crippen molar-refractivity contribution < 1.29 is 4.74 Å². The molecule has 3 nitrogen and oxygen atoms in total. The van der Waals surface area contributed by atoms with Crippen molar-refractivity contribution in [2.45, 2.75) is 19.4 Å². The van der Waals surface area contributed by atoms with Crippen molar-refractivity contribution in [3.05, 3.63) is 22.2 Å². The maximum atomic E-state index is 5.71. The Balaban J connectivity index is 1.87. The molecule has 1 fully saturated rings. The quantitative estimate of drug-likeness (QED) is 0.592. The first-order valence-corrected chi connectivity index (χ1v) is 5.26. The number of hydrogen-bond donors (Lipinski definition) is 0. The molecule has 1 saturated carbocycles. The van der Waals surface area contributed by atoms with Gasteiger partial charge in [-0.05, 0) is 36.4 Å². The highest BCUT2D eigenvalue weighted by atomic mass is 35.5. The Bertz CT molecular complexity index is 308. The van der Waals surface area contributed by atoms with E-state index in [2.05, 4.69) is 9.97 Å². The van der Waals surface area contributed by atoms with Gasteiger partial charge in [0.05, 0.1) is 12.3 Å². The van der Waals surface area contributed by atoms with Crippen LogP contribution in [-0.2, 0) is 11.3 Å². The smallest absolute Gasteiger partial charge is 0.224 e. The molecule has 0 bridgehead atoms. The van der Waals surface area contributed by atoms with E-state index in [9.17, 15) is 0 Å². The van der Waals surface area contributed by atoms with Crippen molar-refractivity contribution in [2.75, 3.05) is 6.61 Å². The number of nitrogens with zero attached hydrogens (tertiary/aromatic N) is 2. The lowest BCUT2D eigenvalue weighted by atomic mass is 10.4. The van der Waals surface area contributed by atoms with E-state index in [-0.39, 0.29) is 5.28 Å². The molecule has 0 amide bonds. The van der Waals surface area contributed by atoms with Gasteiger partial charge in [0.15, 0.2) is 0 Å². The van der Waals surface area contributed by atoms with Gasteiger partial charge in [0.1, 0.15) is 5.15 Å². The SMILES string of the molecule is Clc1cc(COCC2CC2)nc(Cl)n1. The minimum Gasteiger partial charge on any atom is -0.375 e. The van der Waals surface area contributed by atoms with Crippen LogP contribution < -0.4 is 0 Å². The van der Waals surface area contributed by atoms with Crippen LogP contribution in [-0.4, -0.2) is 16.6 Å². The molecule has 5 heteroatoms. The molecule has 1 aromatic heterocycles. The number of halogens is 2. The monoisotopic (exact) mass is 232 g/mol. The van der Waals surface area contributed by atoms with Crippen LogP contribution in [0.1, 0.15) is 18.5 Å². The van der Waals surface area contributed by atoms with Gasteiger partial charge in [-0.3, -0.25) is 0 Å². The van der Waals surface area contributed by atoms with Crippen molar-refractivity contribution in [2.24, 2.45) is 5.92 Å². The molecule has 76 valence electrons. The lowest BCUT2D eigenvalue weighted by Gasteiger charge is -2.02.